The molecular weight excluding hydrogens is 265 g/mol. The number of hydrogen-bond donors (Lipinski definition) is 1. The van der Waals surface area contributed by atoms with E-state index >= 15 is 0 Å². The lowest BCUT2D eigenvalue weighted by Gasteiger charge is -2.13. The Morgan fingerprint density at radius 1 is 1.10 bits per heavy atom. The lowest BCUT2D eigenvalue weighted by atomic mass is 10.1. The fourth-order valence-electron chi connectivity index (χ4n) is 1.82. The van der Waals surface area contributed by atoms with Crippen molar-refractivity contribution in [2.75, 3.05) is 5.32 Å². The molecule has 0 aromatic heterocycles. The summed E-state index contributed by atoms with van der Waals surface area (Å²) in [6, 6.07) is 12.4. The molecular formula is C15H11F3N2. The van der Waals surface area contributed by atoms with Crippen LogP contribution in [0.25, 0.3) is 0 Å². The molecule has 2 nitrogen and oxygen atoms in total. The van der Waals surface area contributed by atoms with Crippen LogP contribution in [0.1, 0.15) is 16.7 Å². The van der Waals surface area contributed by atoms with E-state index in [1.54, 1.807) is 18.2 Å². The maximum atomic E-state index is 12.9. The fraction of sp³-hybridized carbons (Fsp3) is 0.133. The van der Waals surface area contributed by atoms with Crippen LogP contribution in [0.4, 0.5) is 24.5 Å². The summed E-state index contributed by atoms with van der Waals surface area (Å²) in [6.07, 6.45) is -4.55. The number of hydrogen-bond acceptors (Lipinski definition) is 2. The average molecular weight is 276 g/mol. The molecule has 5 heteroatoms. The van der Waals surface area contributed by atoms with Gasteiger partial charge < -0.3 is 5.32 Å². The predicted molar refractivity (Wildman–Crippen MR) is 70.6 cm³/mol. The second-order valence-corrected chi connectivity index (χ2v) is 4.31. The van der Waals surface area contributed by atoms with Gasteiger partial charge >= 0.3 is 6.18 Å². The Labute approximate surface area is 114 Å². The van der Waals surface area contributed by atoms with Crippen molar-refractivity contribution in [2.45, 2.75) is 13.1 Å². The minimum absolute atomic E-state index is 0.297. The van der Waals surface area contributed by atoms with E-state index in [2.05, 4.69) is 5.32 Å². The molecule has 0 saturated carbocycles. The molecule has 0 bridgehead atoms. The summed E-state index contributed by atoms with van der Waals surface area (Å²) in [7, 11) is 0. The second kappa shape index (κ2) is 5.25. The van der Waals surface area contributed by atoms with E-state index in [1.165, 1.54) is 12.1 Å². The van der Waals surface area contributed by atoms with Gasteiger partial charge in [0.05, 0.1) is 17.2 Å². The molecule has 0 heterocycles. The molecule has 0 saturated heterocycles. The van der Waals surface area contributed by atoms with Crippen LogP contribution in [0.2, 0.25) is 0 Å². The number of benzene rings is 2. The van der Waals surface area contributed by atoms with Crippen molar-refractivity contribution >= 4 is 11.4 Å². The van der Waals surface area contributed by atoms with Crippen LogP contribution < -0.4 is 5.32 Å². The quantitative estimate of drug-likeness (QED) is 0.868. The Morgan fingerprint density at radius 3 is 2.40 bits per heavy atom. The second-order valence-electron chi connectivity index (χ2n) is 4.31. The Kier molecular flexibility index (Phi) is 3.66. The van der Waals surface area contributed by atoms with Gasteiger partial charge in [-0.25, -0.2) is 0 Å². The van der Waals surface area contributed by atoms with Gasteiger partial charge in [0, 0.05) is 11.4 Å². The zero-order valence-corrected chi connectivity index (χ0v) is 10.6. The molecule has 0 aliphatic heterocycles. The summed E-state index contributed by atoms with van der Waals surface area (Å²) in [5.41, 5.74) is 0.632. The highest BCUT2D eigenvalue weighted by atomic mass is 19.4. The van der Waals surface area contributed by atoms with Gasteiger partial charge in [-0.15, -0.1) is 0 Å². The number of rotatable bonds is 2. The molecule has 0 amide bonds. The molecule has 0 radical (unpaired) electrons. The molecule has 2 rings (SSSR count). The molecule has 2 aromatic carbocycles. The van der Waals surface area contributed by atoms with Crippen LogP contribution in [-0.2, 0) is 6.18 Å². The minimum atomic E-state index is -4.55. The third-order valence-corrected chi connectivity index (χ3v) is 2.87. The lowest BCUT2D eigenvalue weighted by Crippen LogP contribution is -2.08. The standard InChI is InChI=1S/C15H11F3N2/c1-10-4-2-3-5-14(10)20-12-7-6-11(9-19)13(8-12)15(16,17)18/h2-8,20H,1H3. The zero-order valence-electron chi connectivity index (χ0n) is 10.6. The van der Waals surface area contributed by atoms with Crippen LogP contribution in [-0.4, -0.2) is 0 Å². The van der Waals surface area contributed by atoms with Crippen molar-refractivity contribution in [3.63, 3.8) is 0 Å². The lowest BCUT2D eigenvalue weighted by molar-refractivity contribution is -0.137. The fourth-order valence-corrected chi connectivity index (χ4v) is 1.82. The highest BCUT2D eigenvalue weighted by Gasteiger charge is 2.33. The van der Waals surface area contributed by atoms with Gasteiger partial charge in [-0.1, -0.05) is 18.2 Å². The first-order chi connectivity index (χ1) is 9.41. The summed E-state index contributed by atoms with van der Waals surface area (Å²) in [4.78, 5) is 0. The molecule has 0 atom stereocenters. The Balaban J connectivity index is 2.40. The minimum Gasteiger partial charge on any atom is -0.355 e. The monoisotopic (exact) mass is 276 g/mol. The Hall–Kier alpha value is -2.48. The van der Waals surface area contributed by atoms with Crippen molar-refractivity contribution < 1.29 is 13.2 Å². The first-order valence-electron chi connectivity index (χ1n) is 5.86. The van der Waals surface area contributed by atoms with E-state index in [1.807, 2.05) is 19.1 Å². The largest absolute Gasteiger partial charge is 0.417 e. The van der Waals surface area contributed by atoms with Gasteiger partial charge in [0.1, 0.15) is 0 Å². The number of alkyl halides is 3. The van der Waals surface area contributed by atoms with E-state index in [9.17, 15) is 13.2 Å². The third-order valence-electron chi connectivity index (χ3n) is 2.87. The number of nitrogens with one attached hydrogen (secondary N) is 1. The summed E-state index contributed by atoms with van der Waals surface area (Å²) in [5.74, 6) is 0. The van der Waals surface area contributed by atoms with Gasteiger partial charge in [0.15, 0.2) is 0 Å². The number of halogens is 3. The summed E-state index contributed by atoms with van der Waals surface area (Å²) in [6.45, 7) is 1.86. The van der Waals surface area contributed by atoms with Crippen molar-refractivity contribution in [3.8, 4) is 6.07 Å². The van der Waals surface area contributed by atoms with Gasteiger partial charge in [0.25, 0.3) is 0 Å². The Bertz CT molecular complexity index is 670. The van der Waals surface area contributed by atoms with E-state index < -0.39 is 11.7 Å². The molecule has 102 valence electrons. The predicted octanol–water partition coefficient (Wildman–Crippen LogP) is 4.63. The first-order valence-corrected chi connectivity index (χ1v) is 5.86. The Morgan fingerprint density at radius 2 is 1.80 bits per heavy atom. The molecule has 0 spiro atoms. The van der Waals surface area contributed by atoms with Crippen LogP contribution in [0.15, 0.2) is 42.5 Å². The van der Waals surface area contributed by atoms with Crippen molar-refractivity contribution in [2.24, 2.45) is 0 Å². The molecule has 0 fully saturated rings. The van der Waals surface area contributed by atoms with Crippen LogP contribution in [0, 0.1) is 18.3 Å². The number of nitrogens with zero attached hydrogens (tertiary/aromatic N) is 1. The third kappa shape index (κ3) is 2.91. The average Bonchev–Trinajstić information content (AvgIpc) is 2.40. The van der Waals surface area contributed by atoms with Crippen molar-refractivity contribution in [3.05, 3.63) is 59.2 Å². The normalized spacial score (nSPS) is 10.9. The van der Waals surface area contributed by atoms with Crippen LogP contribution in [0.5, 0.6) is 0 Å². The van der Waals surface area contributed by atoms with Gasteiger partial charge in [-0.05, 0) is 36.8 Å². The topological polar surface area (TPSA) is 35.8 Å². The molecule has 0 aliphatic carbocycles. The summed E-state index contributed by atoms with van der Waals surface area (Å²) < 4.78 is 38.6. The summed E-state index contributed by atoms with van der Waals surface area (Å²) in [5, 5.41) is 11.7. The first kappa shape index (κ1) is 13.9. The van der Waals surface area contributed by atoms with Gasteiger partial charge in [-0.2, -0.15) is 18.4 Å². The highest BCUT2D eigenvalue weighted by molar-refractivity contribution is 5.65. The molecule has 2 aromatic rings. The number of anilines is 2. The SMILES string of the molecule is Cc1ccccc1Nc1ccc(C#N)c(C(F)(F)F)c1. The van der Waals surface area contributed by atoms with E-state index in [0.29, 0.717) is 5.69 Å². The smallest absolute Gasteiger partial charge is 0.355 e. The number of aryl methyl sites for hydroxylation is 1. The van der Waals surface area contributed by atoms with Crippen molar-refractivity contribution in [1.29, 1.82) is 5.26 Å². The van der Waals surface area contributed by atoms with Crippen LogP contribution in [0.3, 0.4) is 0 Å². The number of nitriles is 1. The van der Waals surface area contributed by atoms with E-state index in [0.717, 1.165) is 17.3 Å². The summed E-state index contributed by atoms with van der Waals surface area (Å²) >= 11 is 0. The van der Waals surface area contributed by atoms with E-state index in [4.69, 9.17) is 5.26 Å². The number of para-hydroxylation sites is 1. The zero-order chi connectivity index (χ0) is 14.8. The van der Waals surface area contributed by atoms with Gasteiger partial charge in [-0.3, -0.25) is 0 Å². The maximum Gasteiger partial charge on any atom is 0.417 e. The molecule has 1 N–H and O–H groups in total. The molecule has 0 unspecified atom stereocenters. The van der Waals surface area contributed by atoms with Crippen LogP contribution >= 0.6 is 0 Å². The molecule has 0 aliphatic rings. The van der Waals surface area contributed by atoms with Crippen molar-refractivity contribution in [1.82, 2.24) is 0 Å². The van der Waals surface area contributed by atoms with E-state index in [-0.39, 0.29) is 5.56 Å². The maximum absolute atomic E-state index is 12.9. The molecule has 20 heavy (non-hydrogen) atoms. The highest BCUT2D eigenvalue weighted by Crippen LogP contribution is 2.34. The van der Waals surface area contributed by atoms with Gasteiger partial charge in [0.2, 0.25) is 0 Å².